The largest absolute Gasteiger partial charge is 0.411 e. The Bertz CT molecular complexity index is 282. The number of unbranched alkanes of at least 4 members (excludes halogenated alkanes) is 14. The van der Waals surface area contributed by atoms with Gasteiger partial charge in [0.15, 0.2) is 8.32 Å². The van der Waals surface area contributed by atoms with Crippen molar-refractivity contribution in [1.29, 1.82) is 0 Å². The molecule has 1 unspecified atom stereocenters. The van der Waals surface area contributed by atoms with Crippen molar-refractivity contribution in [2.45, 2.75) is 135 Å². The van der Waals surface area contributed by atoms with Crippen molar-refractivity contribution in [3.05, 3.63) is 12.7 Å². The molecule has 0 bridgehead atoms. The first-order valence-corrected chi connectivity index (χ1v) is 14.7. The van der Waals surface area contributed by atoms with Crippen LogP contribution in [0.2, 0.25) is 19.6 Å². The summed E-state index contributed by atoms with van der Waals surface area (Å²) in [7, 11) is -1.42. The van der Waals surface area contributed by atoms with Gasteiger partial charge in [-0.1, -0.05) is 109 Å². The minimum atomic E-state index is -1.42. The summed E-state index contributed by atoms with van der Waals surface area (Å²) in [4.78, 5) is 0. The van der Waals surface area contributed by atoms with E-state index in [2.05, 4.69) is 33.1 Å². The fourth-order valence-corrected chi connectivity index (χ4v) is 4.52. The summed E-state index contributed by atoms with van der Waals surface area (Å²) in [6.45, 7) is 13.0. The van der Waals surface area contributed by atoms with E-state index in [1.54, 1.807) is 0 Å². The zero-order chi connectivity index (χ0) is 18.8. The predicted molar refractivity (Wildman–Crippen MR) is 118 cm³/mol. The Morgan fingerprint density at radius 1 is 0.680 bits per heavy atom. The van der Waals surface area contributed by atoms with Gasteiger partial charge in [0.2, 0.25) is 0 Å². The van der Waals surface area contributed by atoms with Gasteiger partial charge in [-0.15, -0.1) is 6.58 Å². The molecule has 0 aromatic rings. The molecular weight excluding hydrogens is 320 g/mol. The first kappa shape index (κ1) is 24.9. The molecule has 0 saturated heterocycles. The summed E-state index contributed by atoms with van der Waals surface area (Å²) in [6, 6.07) is 0. The Hall–Kier alpha value is -0.0831. The second-order valence-corrected chi connectivity index (χ2v) is 13.2. The Kier molecular flexibility index (Phi) is 17.3. The van der Waals surface area contributed by atoms with Crippen molar-refractivity contribution in [1.82, 2.24) is 0 Å². The molecule has 150 valence electrons. The molecule has 0 aliphatic carbocycles. The van der Waals surface area contributed by atoms with Gasteiger partial charge in [0.1, 0.15) is 0 Å². The van der Waals surface area contributed by atoms with Crippen LogP contribution in [0.5, 0.6) is 0 Å². The van der Waals surface area contributed by atoms with E-state index in [0.29, 0.717) is 0 Å². The second-order valence-electron chi connectivity index (χ2n) is 8.74. The Balaban J connectivity index is 3.24. The van der Waals surface area contributed by atoms with E-state index >= 15 is 0 Å². The molecule has 25 heavy (non-hydrogen) atoms. The molecule has 0 heterocycles. The van der Waals surface area contributed by atoms with Crippen molar-refractivity contribution in [3.8, 4) is 0 Å². The third-order valence-electron chi connectivity index (χ3n) is 4.86. The summed E-state index contributed by atoms with van der Waals surface area (Å²) in [5.74, 6) is 0. The van der Waals surface area contributed by atoms with Crippen molar-refractivity contribution in [3.63, 3.8) is 0 Å². The van der Waals surface area contributed by atoms with Crippen molar-refractivity contribution in [2.75, 3.05) is 0 Å². The van der Waals surface area contributed by atoms with Gasteiger partial charge in [-0.25, -0.2) is 0 Å². The number of rotatable bonds is 19. The molecule has 0 rings (SSSR count). The number of hydrogen-bond acceptors (Lipinski definition) is 1. The average molecular weight is 369 g/mol. The van der Waals surface area contributed by atoms with Crippen LogP contribution in [0.15, 0.2) is 12.7 Å². The molecule has 0 aliphatic rings. The molecule has 0 spiro atoms. The molecule has 0 N–H and O–H groups in total. The lowest BCUT2D eigenvalue weighted by atomic mass is 10.0. The van der Waals surface area contributed by atoms with Crippen LogP contribution in [0.4, 0.5) is 0 Å². The highest BCUT2D eigenvalue weighted by Gasteiger charge is 2.18. The zero-order valence-corrected chi connectivity index (χ0v) is 19.1. The zero-order valence-electron chi connectivity index (χ0n) is 18.1. The van der Waals surface area contributed by atoms with Crippen LogP contribution < -0.4 is 0 Å². The second kappa shape index (κ2) is 17.3. The monoisotopic (exact) mass is 368 g/mol. The Morgan fingerprint density at radius 3 is 1.36 bits per heavy atom. The molecule has 2 heteroatoms. The van der Waals surface area contributed by atoms with Gasteiger partial charge in [0, 0.05) is 0 Å². The van der Waals surface area contributed by atoms with Gasteiger partial charge in [-0.3, -0.25) is 0 Å². The van der Waals surface area contributed by atoms with Crippen LogP contribution in [0.3, 0.4) is 0 Å². The maximum absolute atomic E-state index is 6.13. The minimum Gasteiger partial charge on any atom is -0.411 e. The lowest BCUT2D eigenvalue weighted by molar-refractivity contribution is 0.226. The maximum Gasteiger partial charge on any atom is 0.184 e. The molecule has 1 atom stereocenters. The summed E-state index contributed by atoms with van der Waals surface area (Å²) in [5.41, 5.74) is 0. The van der Waals surface area contributed by atoms with Gasteiger partial charge in [-0.05, 0) is 26.1 Å². The van der Waals surface area contributed by atoms with Crippen molar-refractivity contribution < 1.29 is 4.43 Å². The standard InChI is InChI=1S/C23H48OSi/c1-6-8-9-10-11-12-13-14-15-16-17-18-19-20-21-22-23(7-2)24-25(3,4)5/h7,23H,2,6,8-22H2,1,3-5H3. The SMILES string of the molecule is C=CC(CCCCCCCCCCCCCCCCC)O[Si](C)(C)C. The highest BCUT2D eigenvalue weighted by atomic mass is 28.4. The van der Waals surface area contributed by atoms with E-state index in [1.165, 1.54) is 96.3 Å². The molecule has 0 aromatic heterocycles. The number of hydrogen-bond donors (Lipinski definition) is 0. The van der Waals surface area contributed by atoms with E-state index in [1.807, 2.05) is 6.08 Å². The van der Waals surface area contributed by atoms with Gasteiger partial charge in [-0.2, -0.15) is 0 Å². The average Bonchev–Trinajstić information content (AvgIpc) is 2.56. The fraction of sp³-hybridized carbons (Fsp3) is 0.913. The van der Waals surface area contributed by atoms with E-state index in [9.17, 15) is 0 Å². The summed E-state index contributed by atoms with van der Waals surface area (Å²) >= 11 is 0. The molecule has 0 saturated carbocycles. The van der Waals surface area contributed by atoms with E-state index in [4.69, 9.17) is 4.43 Å². The van der Waals surface area contributed by atoms with Crippen molar-refractivity contribution in [2.24, 2.45) is 0 Å². The van der Waals surface area contributed by atoms with Crippen LogP contribution in [0.25, 0.3) is 0 Å². The van der Waals surface area contributed by atoms with Crippen LogP contribution in [0.1, 0.15) is 110 Å². The van der Waals surface area contributed by atoms with Crippen LogP contribution in [-0.2, 0) is 4.43 Å². The van der Waals surface area contributed by atoms with Gasteiger partial charge in [0.05, 0.1) is 6.10 Å². The third kappa shape index (κ3) is 20.1. The van der Waals surface area contributed by atoms with Gasteiger partial charge >= 0.3 is 0 Å². The molecule has 0 radical (unpaired) electrons. The predicted octanol–water partition coefficient (Wildman–Crippen LogP) is 8.65. The van der Waals surface area contributed by atoms with E-state index < -0.39 is 8.32 Å². The van der Waals surface area contributed by atoms with Gasteiger partial charge in [0.25, 0.3) is 0 Å². The smallest absolute Gasteiger partial charge is 0.184 e. The van der Waals surface area contributed by atoms with Gasteiger partial charge < -0.3 is 4.43 Å². The lowest BCUT2D eigenvalue weighted by Gasteiger charge is -2.24. The van der Waals surface area contributed by atoms with E-state index in [0.717, 1.165) is 6.42 Å². The lowest BCUT2D eigenvalue weighted by Crippen LogP contribution is -2.30. The quantitative estimate of drug-likeness (QED) is 0.126. The van der Waals surface area contributed by atoms with Crippen LogP contribution in [0, 0.1) is 0 Å². The Labute approximate surface area is 161 Å². The maximum atomic E-state index is 6.13. The van der Waals surface area contributed by atoms with E-state index in [-0.39, 0.29) is 6.10 Å². The molecule has 0 aromatic carbocycles. The fourth-order valence-electron chi connectivity index (χ4n) is 3.40. The van der Waals surface area contributed by atoms with Crippen LogP contribution in [-0.4, -0.2) is 14.4 Å². The van der Waals surface area contributed by atoms with Crippen LogP contribution >= 0.6 is 0 Å². The molecular formula is C23H48OSi. The van der Waals surface area contributed by atoms with Crippen molar-refractivity contribution >= 4 is 8.32 Å². The first-order valence-electron chi connectivity index (χ1n) is 11.3. The first-order chi connectivity index (χ1) is 12.0. The highest BCUT2D eigenvalue weighted by molar-refractivity contribution is 6.69. The third-order valence-corrected chi connectivity index (χ3v) is 5.87. The normalized spacial score (nSPS) is 13.1. The molecule has 0 fully saturated rings. The summed E-state index contributed by atoms with van der Waals surface area (Å²) < 4.78 is 6.13. The topological polar surface area (TPSA) is 9.23 Å². The molecule has 0 aliphatic heterocycles. The Morgan fingerprint density at radius 2 is 1.04 bits per heavy atom. The minimum absolute atomic E-state index is 0.286. The highest BCUT2D eigenvalue weighted by Crippen LogP contribution is 2.16. The molecule has 1 nitrogen and oxygen atoms in total. The summed E-state index contributed by atoms with van der Waals surface area (Å²) in [5, 5.41) is 0. The summed E-state index contributed by atoms with van der Waals surface area (Å²) in [6.07, 6.45) is 24.8. The molecule has 0 amide bonds.